The van der Waals surface area contributed by atoms with Crippen LogP contribution in [0.25, 0.3) is 10.8 Å². The second-order valence-corrected chi connectivity index (χ2v) is 5.99. The Balaban J connectivity index is 1.97. The van der Waals surface area contributed by atoms with Gasteiger partial charge in [-0.25, -0.2) is 0 Å². The van der Waals surface area contributed by atoms with E-state index >= 15 is 0 Å². The molecular weight excluding hydrogens is 348 g/mol. The smallest absolute Gasteiger partial charge is 0.270 e. The number of hydrazine groups is 1. The fourth-order valence-electron chi connectivity index (χ4n) is 2.56. The molecule has 2 aromatic rings. The van der Waals surface area contributed by atoms with E-state index in [1.54, 1.807) is 6.07 Å². The minimum atomic E-state index is -0.403. The maximum absolute atomic E-state index is 12.4. The van der Waals surface area contributed by atoms with E-state index in [1.165, 1.54) is 6.92 Å². The predicted molar refractivity (Wildman–Crippen MR) is 103 cm³/mol. The van der Waals surface area contributed by atoms with Crippen molar-refractivity contribution < 1.29 is 14.3 Å². The number of nitrogens with zero attached hydrogens (tertiary/aromatic N) is 1. The number of nitrogens with one attached hydrogen (secondary N) is 3. The molecule has 0 bridgehead atoms. The lowest BCUT2D eigenvalue weighted by Gasteiger charge is -2.12. The maximum Gasteiger partial charge on any atom is 0.270 e. The normalized spacial score (nSPS) is 10.4. The number of unbranched alkanes of at least 4 members (excludes halogenated alkanes) is 1. The van der Waals surface area contributed by atoms with Gasteiger partial charge in [-0.2, -0.15) is 4.91 Å². The van der Waals surface area contributed by atoms with Gasteiger partial charge in [0.2, 0.25) is 5.91 Å². The van der Waals surface area contributed by atoms with Crippen molar-refractivity contribution in [3.63, 3.8) is 0 Å². The van der Waals surface area contributed by atoms with E-state index in [0.717, 1.165) is 30.2 Å². The van der Waals surface area contributed by atoms with Crippen LogP contribution in [0, 0.1) is 4.91 Å². The van der Waals surface area contributed by atoms with Gasteiger partial charge >= 0.3 is 0 Å². The fraction of sp³-hybridized carbons (Fsp3) is 0.368. The van der Waals surface area contributed by atoms with Crippen LogP contribution >= 0.6 is 0 Å². The Morgan fingerprint density at radius 3 is 2.67 bits per heavy atom. The molecular formula is C19H24N4O4. The molecule has 0 aliphatic carbocycles. The minimum Gasteiger partial charge on any atom is -0.494 e. The third kappa shape index (κ3) is 6.67. The standard InChI is InChI=1S/C19H24N4O4/c1-14(24)22-23-19(25)18-13-16(12-15-6-2-3-7-17(15)18)27-11-5-4-8-20-9-10-21-26/h2-3,6-7,12-13,20H,4-5,8-11H2,1H3,(H,22,24)(H,23,25). The van der Waals surface area contributed by atoms with Crippen LogP contribution in [-0.4, -0.2) is 38.1 Å². The predicted octanol–water partition coefficient (Wildman–Crippen LogP) is 2.14. The van der Waals surface area contributed by atoms with Crippen molar-refractivity contribution in [3.05, 3.63) is 46.9 Å². The lowest BCUT2D eigenvalue weighted by molar-refractivity contribution is -0.119. The Morgan fingerprint density at radius 2 is 1.89 bits per heavy atom. The number of nitroso groups, excluding NO2 is 1. The highest BCUT2D eigenvalue weighted by Crippen LogP contribution is 2.25. The molecule has 2 rings (SSSR count). The number of benzene rings is 2. The summed E-state index contributed by atoms with van der Waals surface area (Å²) in [6, 6.07) is 11.1. The molecule has 0 unspecified atom stereocenters. The second kappa shape index (κ2) is 10.9. The number of ether oxygens (including phenoxy) is 1. The molecule has 2 amide bonds. The first-order chi connectivity index (χ1) is 13.1. The molecule has 0 radical (unpaired) electrons. The van der Waals surface area contributed by atoms with Gasteiger partial charge in [-0.15, -0.1) is 0 Å². The van der Waals surface area contributed by atoms with Crippen LogP contribution < -0.4 is 20.9 Å². The Labute approximate surface area is 157 Å². The topological polar surface area (TPSA) is 109 Å². The van der Waals surface area contributed by atoms with E-state index in [9.17, 15) is 14.5 Å². The van der Waals surface area contributed by atoms with E-state index < -0.39 is 5.91 Å². The summed E-state index contributed by atoms with van der Waals surface area (Å²) in [5, 5.41) is 7.56. The van der Waals surface area contributed by atoms with Gasteiger partial charge in [0.25, 0.3) is 5.91 Å². The van der Waals surface area contributed by atoms with Crippen LogP contribution in [-0.2, 0) is 4.79 Å². The molecule has 0 spiro atoms. The highest BCUT2D eigenvalue weighted by atomic mass is 16.5. The largest absolute Gasteiger partial charge is 0.494 e. The third-order valence-electron chi connectivity index (χ3n) is 3.83. The van der Waals surface area contributed by atoms with Gasteiger partial charge < -0.3 is 10.1 Å². The van der Waals surface area contributed by atoms with Crippen LogP contribution in [0.15, 0.2) is 41.6 Å². The highest BCUT2D eigenvalue weighted by Gasteiger charge is 2.12. The molecule has 0 aromatic heterocycles. The SMILES string of the molecule is CC(=O)NNC(=O)c1cc(OCCCCNCCN=O)cc2ccccc12. The van der Waals surface area contributed by atoms with Crippen molar-refractivity contribution in [1.29, 1.82) is 0 Å². The number of hydrogen-bond acceptors (Lipinski definition) is 6. The minimum absolute atomic E-state index is 0.275. The third-order valence-corrected chi connectivity index (χ3v) is 3.83. The molecule has 144 valence electrons. The van der Waals surface area contributed by atoms with Crippen LogP contribution in [0.2, 0.25) is 0 Å². The molecule has 0 saturated carbocycles. The summed E-state index contributed by atoms with van der Waals surface area (Å²) >= 11 is 0. The van der Waals surface area contributed by atoms with Crippen LogP contribution in [0.5, 0.6) is 5.75 Å². The molecule has 27 heavy (non-hydrogen) atoms. The van der Waals surface area contributed by atoms with E-state index in [4.69, 9.17) is 4.74 Å². The van der Waals surface area contributed by atoms with Gasteiger partial charge in [-0.3, -0.25) is 20.4 Å². The number of rotatable bonds is 10. The van der Waals surface area contributed by atoms with Gasteiger partial charge in [0.15, 0.2) is 0 Å². The first kappa shape index (κ1) is 20.3. The molecule has 8 nitrogen and oxygen atoms in total. The lowest BCUT2D eigenvalue weighted by atomic mass is 10.0. The number of hydrogen-bond donors (Lipinski definition) is 3. The molecule has 0 heterocycles. The van der Waals surface area contributed by atoms with Crippen LogP contribution in [0.4, 0.5) is 0 Å². The Hall–Kier alpha value is -3.00. The first-order valence-corrected chi connectivity index (χ1v) is 8.84. The highest BCUT2D eigenvalue weighted by molar-refractivity contribution is 6.08. The van der Waals surface area contributed by atoms with Gasteiger partial charge in [0.1, 0.15) is 5.75 Å². The summed E-state index contributed by atoms with van der Waals surface area (Å²) in [6.07, 6.45) is 1.74. The van der Waals surface area contributed by atoms with Crippen molar-refractivity contribution >= 4 is 22.6 Å². The van der Waals surface area contributed by atoms with Crippen LogP contribution in [0.3, 0.4) is 0 Å². The summed E-state index contributed by atoms with van der Waals surface area (Å²) in [6.45, 7) is 3.49. The van der Waals surface area contributed by atoms with Crippen molar-refractivity contribution in [1.82, 2.24) is 16.2 Å². The zero-order chi connectivity index (χ0) is 19.5. The zero-order valence-corrected chi connectivity index (χ0v) is 15.3. The summed E-state index contributed by atoms with van der Waals surface area (Å²) in [5.74, 6) is -0.155. The van der Waals surface area contributed by atoms with Gasteiger partial charge in [0.05, 0.1) is 18.7 Å². The van der Waals surface area contributed by atoms with Gasteiger partial charge in [-0.05, 0) is 42.3 Å². The lowest BCUT2D eigenvalue weighted by Crippen LogP contribution is -2.40. The maximum atomic E-state index is 12.4. The van der Waals surface area contributed by atoms with E-state index in [-0.39, 0.29) is 12.5 Å². The summed E-state index contributed by atoms with van der Waals surface area (Å²) in [5.41, 5.74) is 5.11. The monoisotopic (exact) mass is 372 g/mol. The fourth-order valence-corrected chi connectivity index (χ4v) is 2.56. The molecule has 0 aliphatic heterocycles. The average molecular weight is 372 g/mol. The second-order valence-electron chi connectivity index (χ2n) is 5.99. The zero-order valence-electron chi connectivity index (χ0n) is 15.3. The quantitative estimate of drug-likeness (QED) is 0.336. The number of carbonyl (C=O) groups excluding carboxylic acids is 2. The molecule has 0 aliphatic rings. The van der Waals surface area contributed by atoms with Crippen molar-refractivity contribution in [2.24, 2.45) is 5.18 Å². The summed E-state index contributed by atoms with van der Waals surface area (Å²) in [4.78, 5) is 33.4. The van der Waals surface area contributed by atoms with Gasteiger partial charge in [0, 0.05) is 13.5 Å². The number of amides is 2. The first-order valence-electron chi connectivity index (χ1n) is 8.84. The summed E-state index contributed by atoms with van der Waals surface area (Å²) in [7, 11) is 0. The van der Waals surface area contributed by atoms with Crippen LogP contribution in [0.1, 0.15) is 30.1 Å². The molecule has 0 saturated heterocycles. The van der Waals surface area contributed by atoms with Gasteiger partial charge in [-0.1, -0.05) is 29.4 Å². The van der Waals surface area contributed by atoms with Crippen molar-refractivity contribution in [3.8, 4) is 5.75 Å². The van der Waals surface area contributed by atoms with E-state index in [2.05, 4.69) is 21.3 Å². The molecule has 3 N–H and O–H groups in total. The average Bonchev–Trinajstić information content (AvgIpc) is 2.67. The Kier molecular flexibility index (Phi) is 8.18. The summed E-state index contributed by atoms with van der Waals surface area (Å²) < 4.78 is 5.79. The Bertz CT molecular complexity index is 794. The molecule has 0 atom stereocenters. The van der Waals surface area contributed by atoms with Crippen molar-refractivity contribution in [2.75, 3.05) is 26.2 Å². The Morgan fingerprint density at radius 1 is 1.07 bits per heavy atom. The number of fused-ring (bicyclic) bond motifs is 1. The number of carbonyl (C=O) groups is 2. The van der Waals surface area contributed by atoms with Crippen molar-refractivity contribution in [2.45, 2.75) is 19.8 Å². The van der Waals surface area contributed by atoms with E-state index in [0.29, 0.717) is 24.5 Å². The molecule has 8 heteroatoms. The van der Waals surface area contributed by atoms with E-state index in [1.807, 2.05) is 30.3 Å². The molecule has 0 fully saturated rings. The molecule has 2 aromatic carbocycles.